The maximum absolute atomic E-state index is 5.98. The van der Waals surface area contributed by atoms with E-state index in [-0.39, 0.29) is 17.6 Å². The Kier molecular flexibility index (Phi) is 5.88. The summed E-state index contributed by atoms with van der Waals surface area (Å²) in [6.45, 7) is 11.2. The first-order valence-corrected chi connectivity index (χ1v) is 7.07. The lowest BCUT2D eigenvalue weighted by Crippen LogP contribution is -2.25. The maximum Gasteiger partial charge on any atom is 0.157 e. The van der Waals surface area contributed by atoms with Crippen molar-refractivity contribution in [3.63, 3.8) is 0 Å². The molecule has 2 unspecified atom stereocenters. The molecule has 0 amide bonds. The monoisotopic (exact) mass is 265 g/mol. The van der Waals surface area contributed by atoms with Crippen LogP contribution >= 0.6 is 0 Å². The Labute approximate surface area is 116 Å². The van der Waals surface area contributed by atoms with Gasteiger partial charge in [0.1, 0.15) is 6.10 Å². The van der Waals surface area contributed by atoms with Gasteiger partial charge in [-0.3, -0.25) is 0 Å². The Bertz CT molecular complexity index is 387. The molecule has 1 heterocycles. The SMILES string of the molecule is CCOC(c1nccc(CC(N)CC)n1)C(C)(C)C. The number of hydrogen-bond donors (Lipinski definition) is 1. The van der Waals surface area contributed by atoms with Crippen molar-refractivity contribution in [3.05, 3.63) is 23.8 Å². The molecule has 0 saturated carbocycles. The highest BCUT2D eigenvalue weighted by atomic mass is 16.5. The van der Waals surface area contributed by atoms with Gasteiger partial charge in [0.2, 0.25) is 0 Å². The zero-order valence-electron chi connectivity index (χ0n) is 12.8. The van der Waals surface area contributed by atoms with Gasteiger partial charge >= 0.3 is 0 Å². The van der Waals surface area contributed by atoms with Crippen LogP contribution in [0.2, 0.25) is 0 Å². The highest BCUT2D eigenvalue weighted by Crippen LogP contribution is 2.34. The van der Waals surface area contributed by atoms with Gasteiger partial charge in [0.25, 0.3) is 0 Å². The second kappa shape index (κ2) is 6.96. The van der Waals surface area contributed by atoms with Gasteiger partial charge in [-0.05, 0) is 24.8 Å². The summed E-state index contributed by atoms with van der Waals surface area (Å²) in [4.78, 5) is 9.01. The Morgan fingerprint density at radius 2 is 2.00 bits per heavy atom. The Balaban J connectivity index is 2.95. The molecule has 0 radical (unpaired) electrons. The number of hydrogen-bond acceptors (Lipinski definition) is 4. The predicted molar refractivity (Wildman–Crippen MR) is 77.8 cm³/mol. The smallest absolute Gasteiger partial charge is 0.157 e. The summed E-state index contributed by atoms with van der Waals surface area (Å²) in [6, 6.07) is 2.09. The summed E-state index contributed by atoms with van der Waals surface area (Å²) >= 11 is 0. The second-order valence-corrected chi connectivity index (χ2v) is 5.98. The van der Waals surface area contributed by atoms with E-state index >= 15 is 0 Å². The molecule has 0 saturated heterocycles. The third kappa shape index (κ3) is 4.88. The van der Waals surface area contributed by atoms with Crippen LogP contribution in [0.25, 0.3) is 0 Å². The van der Waals surface area contributed by atoms with Gasteiger partial charge in [-0.2, -0.15) is 0 Å². The molecule has 0 spiro atoms. The standard InChI is InChI=1S/C15H27N3O/c1-6-11(16)10-12-8-9-17-14(18-12)13(19-7-2)15(3,4)5/h8-9,11,13H,6-7,10,16H2,1-5H3. The fourth-order valence-corrected chi connectivity index (χ4v) is 1.94. The molecule has 2 atom stereocenters. The largest absolute Gasteiger partial charge is 0.370 e. The zero-order chi connectivity index (χ0) is 14.5. The normalized spacial score (nSPS) is 15.3. The average Bonchev–Trinajstić information content (AvgIpc) is 2.34. The van der Waals surface area contributed by atoms with Gasteiger partial charge in [0.15, 0.2) is 5.82 Å². The second-order valence-electron chi connectivity index (χ2n) is 5.98. The first kappa shape index (κ1) is 16.1. The van der Waals surface area contributed by atoms with Crippen LogP contribution in [-0.4, -0.2) is 22.6 Å². The lowest BCUT2D eigenvalue weighted by molar-refractivity contribution is -0.0192. The summed E-state index contributed by atoms with van der Waals surface area (Å²) in [7, 11) is 0. The van der Waals surface area contributed by atoms with Crippen LogP contribution in [0.15, 0.2) is 12.3 Å². The molecule has 0 aliphatic rings. The van der Waals surface area contributed by atoms with Crippen LogP contribution in [0.4, 0.5) is 0 Å². The summed E-state index contributed by atoms with van der Waals surface area (Å²) in [5, 5.41) is 0. The molecule has 4 nitrogen and oxygen atoms in total. The number of ether oxygens (including phenoxy) is 1. The first-order valence-electron chi connectivity index (χ1n) is 7.07. The molecule has 108 valence electrons. The van der Waals surface area contributed by atoms with Crippen molar-refractivity contribution >= 4 is 0 Å². The van der Waals surface area contributed by atoms with Crippen LogP contribution in [-0.2, 0) is 11.2 Å². The molecule has 1 rings (SSSR count). The molecular weight excluding hydrogens is 238 g/mol. The van der Waals surface area contributed by atoms with Crippen molar-refractivity contribution in [1.82, 2.24) is 9.97 Å². The van der Waals surface area contributed by atoms with Crippen LogP contribution in [0.5, 0.6) is 0 Å². The van der Waals surface area contributed by atoms with Gasteiger partial charge in [0, 0.05) is 31.0 Å². The summed E-state index contributed by atoms with van der Waals surface area (Å²) < 4.78 is 5.82. The highest BCUT2D eigenvalue weighted by Gasteiger charge is 2.29. The van der Waals surface area contributed by atoms with Crippen molar-refractivity contribution in [3.8, 4) is 0 Å². The highest BCUT2D eigenvalue weighted by molar-refractivity contribution is 5.07. The van der Waals surface area contributed by atoms with Gasteiger partial charge in [-0.25, -0.2) is 9.97 Å². The summed E-state index contributed by atoms with van der Waals surface area (Å²) in [5.41, 5.74) is 6.95. The van der Waals surface area contributed by atoms with Gasteiger partial charge in [-0.1, -0.05) is 27.7 Å². The van der Waals surface area contributed by atoms with Crippen molar-refractivity contribution in [2.75, 3.05) is 6.61 Å². The fourth-order valence-electron chi connectivity index (χ4n) is 1.94. The van der Waals surface area contributed by atoms with E-state index in [9.17, 15) is 0 Å². The summed E-state index contributed by atoms with van der Waals surface area (Å²) in [5.74, 6) is 0.759. The maximum atomic E-state index is 5.98. The average molecular weight is 265 g/mol. The van der Waals surface area contributed by atoms with Crippen LogP contribution < -0.4 is 5.73 Å². The first-order chi connectivity index (χ1) is 8.88. The Morgan fingerprint density at radius 3 is 2.53 bits per heavy atom. The molecule has 0 aliphatic carbocycles. The van der Waals surface area contributed by atoms with E-state index in [0.29, 0.717) is 6.61 Å². The molecular formula is C15H27N3O. The predicted octanol–water partition coefficient (Wildman–Crippen LogP) is 2.88. The molecule has 0 fully saturated rings. The van der Waals surface area contributed by atoms with E-state index in [1.807, 2.05) is 13.0 Å². The van der Waals surface area contributed by atoms with E-state index in [1.54, 1.807) is 6.20 Å². The topological polar surface area (TPSA) is 61.0 Å². The number of rotatable bonds is 6. The fraction of sp³-hybridized carbons (Fsp3) is 0.733. The molecule has 4 heteroatoms. The Morgan fingerprint density at radius 1 is 1.32 bits per heavy atom. The van der Waals surface area contributed by atoms with Crippen molar-refractivity contribution < 1.29 is 4.74 Å². The molecule has 1 aromatic heterocycles. The van der Waals surface area contributed by atoms with Gasteiger partial charge in [-0.15, -0.1) is 0 Å². The molecule has 2 N–H and O–H groups in total. The molecule has 19 heavy (non-hydrogen) atoms. The van der Waals surface area contributed by atoms with Crippen molar-refractivity contribution in [1.29, 1.82) is 0 Å². The third-order valence-electron chi connectivity index (χ3n) is 3.08. The molecule has 1 aromatic rings. The van der Waals surface area contributed by atoms with Gasteiger partial charge in [0.05, 0.1) is 0 Å². The van der Waals surface area contributed by atoms with E-state index in [2.05, 4.69) is 37.7 Å². The third-order valence-corrected chi connectivity index (χ3v) is 3.08. The number of nitrogens with zero attached hydrogens (tertiary/aromatic N) is 2. The minimum Gasteiger partial charge on any atom is -0.370 e. The lowest BCUT2D eigenvalue weighted by atomic mass is 9.88. The summed E-state index contributed by atoms with van der Waals surface area (Å²) in [6.07, 6.45) is 3.45. The van der Waals surface area contributed by atoms with Crippen LogP contribution in [0, 0.1) is 5.41 Å². The molecule has 0 bridgehead atoms. The number of aromatic nitrogens is 2. The molecule has 0 aromatic carbocycles. The van der Waals surface area contributed by atoms with Gasteiger partial charge < -0.3 is 10.5 Å². The van der Waals surface area contributed by atoms with E-state index < -0.39 is 0 Å². The minimum atomic E-state index is -0.0877. The zero-order valence-corrected chi connectivity index (χ0v) is 12.8. The lowest BCUT2D eigenvalue weighted by Gasteiger charge is -2.29. The quantitative estimate of drug-likeness (QED) is 0.859. The Hall–Kier alpha value is -1.00. The minimum absolute atomic E-state index is 0.0263. The van der Waals surface area contributed by atoms with E-state index in [1.165, 1.54) is 0 Å². The van der Waals surface area contributed by atoms with E-state index in [4.69, 9.17) is 10.5 Å². The van der Waals surface area contributed by atoms with Crippen LogP contribution in [0.1, 0.15) is 58.7 Å². The van der Waals surface area contributed by atoms with Crippen molar-refractivity contribution in [2.45, 2.75) is 59.6 Å². The van der Waals surface area contributed by atoms with E-state index in [0.717, 1.165) is 24.4 Å². The molecule has 0 aliphatic heterocycles. The van der Waals surface area contributed by atoms with Crippen LogP contribution in [0.3, 0.4) is 0 Å². The van der Waals surface area contributed by atoms with Crippen molar-refractivity contribution in [2.24, 2.45) is 11.1 Å². The number of nitrogens with two attached hydrogens (primary N) is 1.